The molecule has 1 N–H and O–H groups in total. The van der Waals surface area contributed by atoms with Gasteiger partial charge in [0.1, 0.15) is 17.4 Å². The van der Waals surface area contributed by atoms with Crippen molar-refractivity contribution < 1.29 is 9.52 Å². The van der Waals surface area contributed by atoms with Gasteiger partial charge < -0.3 is 9.52 Å². The average Bonchev–Trinajstić information content (AvgIpc) is 2.90. The maximum absolute atomic E-state index is 10.6. The first-order valence-corrected chi connectivity index (χ1v) is 7.42. The quantitative estimate of drug-likeness (QED) is 0.920. The third-order valence-corrected chi connectivity index (χ3v) is 4.71. The Morgan fingerprint density at radius 2 is 2.00 bits per heavy atom. The molecule has 0 saturated carbocycles. The minimum Gasteiger partial charge on any atom is -0.458 e. The molecule has 106 valence electrons. The Hall–Kier alpha value is -1.07. The second-order valence-electron chi connectivity index (χ2n) is 5.68. The van der Waals surface area contributed by atoms with E-state index in [0.29, 0.717) is 10.8 Å². The summed E-state index contributed by atoms with van der Waals surface area (Å²) in [5.74, 6) is 0.640. The lowest BCUT2D eigenvalue weighted by Crippen LogP contribution is -2.62. The van der Waals surface area contributed by atoms with Crippen LogP contribution in [0.2, 0.25) is 5.02 Å². The van der Waals surface area contributed by atoms with Crippen molar-refractivity contribution in [3.8, 4) is 0 Å². The molecule has 4 nitrogen and oxygen atoms in total. The average molecular weight is 293 g/mol. The highest BCUT2D eigenvalue weighted by Crippen LogP contribution is 2.31. The van der Waals surface area contributed by atoms with E-state index in [1.54, 1.807) is 6.07 Å². The van der Waals surface area contributed by atoms with Crippen molar-refractivity contribution >= 4 is 22.6 Å². The van der Waals surface area contributed by atoms with Crippen LogP contribution in [-0.4, -0.2) is 53.7 Å². The highest BCUT2D eigenvalue weighted by Gasteiger charge is 2.37. The van der Waals surface area contributed by atoms with E-state index in [1.807, 2.05) is 18.2 Å². The number of benzene rings is 1. The van der Waals surface area contributed by atoms with Crippen molar-refractivity contribution in [2.24, 2.45) is 0 Å². The van der Waals surface area contributed by atoms with Crippen molar-refractivity contribution in [2.75, 3.05) is 32.7 Å². The molecule has 1 aromatic carbocycles. The Balaban J connectivity index is 1.64. The van der Waals surface area contributed by atoms with Gasteiger partial charge in [0.2, 0.25) is 0 Å². The Bertz CT molecular complexity index is 634. The third kappa shape index (κ3) is 2.04. The van der Waals surface area contributed by atoms with Gasteiger partial charge in [-0.3, -0.25) is 9.80 Å². The summed E-state index contributed by atoms with van der Waals surface area (Å²) in [6, 6.07) is 7.57. The molecule has 3 aliphatic heterocycles. The van der Waals surface area contributed by atoms with Crippen molar-refractivity contribution in [1.29, 1.82) is 0 Å². The number of piperazine rings is 3. The molecule has 0 aliphatic carbocycles. The maximum atomic E-state index is 10.6. The van der Waals surface area contributed by atoms with Gasteiger partial charge in [-0.1, -0.05) is 11.6 Å². The number of aliphatic hydroxyl groups is 1. The van der Waals surface area contributed by atoms with Gasteiger partial charge in [-0.25, -0.2) is 0 Å². The molecule has 0 spiro atoms. The summed E-state index contributed by atoms with van der Waals surface area (Å²) in [6.07, 6.45) is -0.579. The molecule has 5 heteroatoms. The Labute approximate surface area is 122 Å². The SMILES string of the molecule is OC(c1cc2cc(Cl)ccc2o1)C1CN2CCN1CC2. The summed E-state index contributed by atoms with van der Waals surface area (Å²) in [5, 5.41) is 12.3. The first kappa shape index (κ1) is 12.7. The first-order valence-electron chi connectivity index (χ1n) is 7.04. The predicted molar refractivity (Wildman–Crippen MR) is 78.0 cm³/mol. The molecule has 2 aromatic rings. The van der Waals surface area contributed by atoms with E-state index in [-0.39, 0.29) is 6.04 Å². The molecule has 2 unspecified atom stereocenters. The van der Waals surface area contributed by atoms with E-state index in [9.17, 15) is 5.11 Å². The van der Waals surface area contributed by atoms with E-state index in [2.05, 4.69) is 9.80 Å². The molecule has 4 heterocycles. The van der Waals surface area contributed by atoms with Crippen molar-refractivity contribution in [3.63, 3.8) is 0 Å². The molecular weight excluding hydrogens is 276 g/mol. The van der Waals surface area contributed by atoms with Crippen molar-refractivity contribution in [3.05, 3.63) is 35.0 Å². The lowest BCUT2D eigenvalue weighted by Gasteiger charge is -2.48. The number of rotatable bonds is 2. The van der Waals surface area contributed by atoms with Crippen molar-refractivity contribution in [1.82, 2.24) is 9.80 Å². The molecule has 1 aromatic heterocycles. The lowest BCUT2D eigenvalue weighted by molar-refractivity contribution is -0.0528. The van der Waals surface area contributed by atoms with Crippen LogP contribution < -0.4 is 0 Å². The summed E-state index contributed by atoms with van der Waals surface area (Å²) in [5.41, 5.74) is 0.778. The van der Waals surface area contributed by atoms with E-state index in [0.717, 1.165) is 43.7 Å². The van der Waals surface area contributed by atoms with E-state index in [1.165, 1.54) is 0 Å². The molecule has 3 fully saturated rings. The minimum atomic E-state index is -0.579. The first-order chi connectivity index (χ1) is 9.70. The third-order valence-electron chi connectivity index (χ3n) is 4.47. The Morgan fingerprint density at radius 1 is 1.20 bits per heavy atom. The fraction of sp³-hybridized carbons (Fsp3) is 0.467. The van der Waals surface area contributed by atoms with E-state index >= 15 is 0 Å². The molecule has 0 radical (unpaired) electrons. The van der Waals surface area contributed by atoms with Crippen LogP contribution in [0.15, 0.2) is 28.7 Å². The molecule has 2 bridgehead atoms. The van der Waals surface area contributed by atoms with Crippen molar-refractivity contribution in [2.45, 2.75) is 12.1 Å². The van der Waals surface area contributed by atoms with Crippen LogP contribution in [0, 0.1) is 0 Å². The summed E-state index contributed by atoms with van der Waals surface area (Å²) < 4.78 is 5.79. The van der Waals surface area contributed by atoms with Crippen LogP contribution in [0.3, 0.4) is 0 Å². The van der Waals surface area contributed by atoms with Gasteiger partial charge in [0, 0.05) is 43.1 Å². The van der Waals surface area contributed by atoms with Crippen LogP contribution in [0.1, 0.15) is 11.9 Å². The number of hydrogen-bond acceptors (Lipinski definition) is 4. The molecule has 2 atom stereocenters. The molecular formula is C15H17ClN2O2. The van der Waals surface area contributed by atoms with Gasteiger partial charge in [0.25, 0.3) is 0 Å². The number of nitrogens with zero attached hydrogens (tertiary/aromatic N) is 2. The molecule has 20 heavy (non-hydrogen) atoms. The van der Waals surface area contributed by atoms with Crippen LogP contribution in [0.25, 0.3) is 11.0 Å². The van der Waals surface area contributed by atoms with Gasteiger partial charge in [0.05, 0.1) is 6.04 Å². The zero-order chi connectivity index (χ0) is 13.7. The summed E-state index contributed by atoms with van der Waals surface area (Å²) in [7, 11) is 0. The van der Waals surface area contributed by atoms with Crippen LogP contribution in [0.4, 0.5) is 0 Å². The van der Waals surface area contributed by atoms with Crippen LogP contribution in [-0.2, 0) is 0 Å². The summed E-state index contributed by atoms with van der Waals surface area (Å²) >= 11 is 5.99. The highest BCUT2D eigenvalue weighted by molar-refractivity contribution is 6.31. The Kier molecular flexibility index (Phi) is 3.00. The summed E-state index contributed by atoms with van der Waals surface area (Å²) in [6.45, 7) is 5.21. The topological polar surface area (TPSA) is 39.9 Å². The largest absolute Gasteiger partial charge is 0.458 e. The molecule has 5 rings (SSSR count). The molecule has 3 saturated heterocycles. The zero-order valence-electron chi connectivity index (χ0n) is 11.1. The number of aliphatic hydroxyl groups excluding tert-OH is 1. The predicted octanol–water partition coefficient (Wildman–Crippen LogP) is 2.12. The minimum absolute atomic E-state index is 0.133. The van der Waals surface area contributed by atoms with Crippen LogP contribution in [0.5, 0.6) is 0 Å². The maximum Gasteiger partial charge on any atom is 0.135 e. The Morgan fingerprint density at radius 3 is 2.70 bits per heavy atom. The number of halogens is 1. The van der Waals surface area contributed by atoms with E-state index < -0.39 is 6.10 Å². The lowest BCUT2D eigenvalue weighted by atomic mass is 10.0. The fourth-order valence-corrected chi connectivity index (χ4v) is 3.51. The molecule has 0 amide bonds. The number of fused-ring (bicyclic) bond motifs is 4. The van der Waals surface area contributed by atoms with Gasteiger partial charge in [-0.2, -0.15) is 0 Å². The standard InChI is InChI=1S/C15H17ClN2O2/c16-11-1-2-13-10(7-11)8-14(20-13)15(19)12-9-17-3-5-18(12)6-4-17/h1-2,7-8,12,15,19H,3-6,9H2. The van der Waals surface area contributed by atoms with Gasteiger partial charge in [-0.05, 0) is 24.3 Å². The highest BCUT2D eigenvalue weighted by atomic mass is 35.5. The monoisotopic (exact) mass is 292 g/mol. The number of hydrogen-bond donors (Lipinski definition) is 1. The normalized spacial score (nSPS) is 30.8. The smallest absolute Gasteiger partial charge is 0.135 e. The second kappa shape index (κ2) is 4.74. The van der Waals surface area contributed by atoms with Gasteiger partial charge >= 0.3 is 0 Å². The fourth-order valence-electron chi connectivity index (χ4n) is 3.33. The van der Waals surface area contributed by atoms with Gasteiger partial charge in [0.15, 0.2) is 0 Å². The van der Waals surface area contributed by atoms with Crippen LogP contribution >= 0.6 is 11.6 Å². The summed E-state index contributed by atoms with van der Waals surface area (Å²) in [4.78, 5) is 4.78. The van der Waals surface area contributed by atoms with Gasteiger partial charge in [-0.15, -0.1) is 0 Å². The number of furan rings is 1. The van der Waals surface area contributed by atoms with E-state index in [4.69, 9.17) is 16.0 Å². The zero-order valence-corrected chi connectivity index (χ0v) is 11.9. The molecule has 3 aliphatic rings. The second-order valence-corrected chi connectivity index (χ2v) is 6.12.